The van der Waals surface area contributed by atoms with Crippen molar-refractivity contribution in [1.82, 2.24) is 10.2 Å². The molecule has 2 N–H and O–H groups in total. The molecular weight excluding hydrogens is 360 g/mol. The van der Waals surface area contributed by atoms with Crippen LogP contribution in [0.1, 0.15) is 12.0 Å². The molecule has 4 nitrogen and oxygen atoms in total. The monoisotopic (exact) mass is 377 g/mol. The van der Waals surface area contributed by atoms with Gasteiger partial charge in [0, 0.05) is 17.4 Å². The quantitative estimate of drug-likeness (QED) is 0.510. The summed E-state index contributed by atoms with van der Waals surface area (Å²) in [5, 5.41) is 10.5. The lowest BCUT2D eigenvalue weighted by molar-refractivity contribution is -0.116. The van der Waals surface area contributed by atoms with Gasteiger partial charge in [-0.1, -0.05) is 36.4 Å². The standard InChI is InChI=1S/C22H17F2N3O/c23-16-8-10-19(24)18(13-16)15-7-9-17-20(12-15)26-27-22(17)25-21(28)11-6-14-4-2-1-3-5-14/h1-5,7-10,12-13H,6,11H2,(H2,25,26,27,28). The van der Waals surface area contributed by atoms with Crippen molar-refractivity contribution in [2.45, 2.75) is 12.8 Å². The van der Waals surface area contributed by atoms with Crippen LogP contribution in [0.4, 0.5) is 14.6 Å². The second-order valence-electron chi connectivity index (χ2n) is 6.49. The first kappa shape index (κ1) is 17.9. The number of hydrogen-bond donors (Lipinski definition) is 2. The fourth-order valence-electron chi connectivity index (χ4n) is 3.10. The van der Waals surface area contributed by atoms with Crippen molar-refractivity contribution < 1.29 is 13.6 Å². The first-order chi connectivity index (χ1) is 13.6. The zero-order valence-corrected chi connectivity index (χ0v) is 14.9. The number of halogens is 2. The van der Waals surface area contributed by atoms with E-state index in [1.807, 2.05) is 30.3 Å². The third kappa shape index (κ3) is 3.76. The SMILES string of the molecule is O=C(CCc1ccccc1)Nc1n[nH]c2cc(-c3cc(F)ccc3F)ccc12. The van der Waals surface area contributed by atoms with Gasteiger partial charge in [-0.2, -0.15) is 5.10 Å². The normalized spacial score (nSPS) is 10.9. The highest BCUT2D eigenvalue weighted by molar-refractivity contribution is 6.00. The highest BCUT2D eigenvalue weighted by Crippen LogP contribution is 2.29. The molecule has 28 heavy (non-hydrogen) atoms. The Labute approximate surface area is 160 Å². The molecule has 6 heteroatoms. The summed E-state index contributed by atoms with van der Waals surface area (Å²) < 4.78 is 27.5. The first-order valence-electron chi connectivity index (χ1n) is 8.87. The van der Waals surface area contributed by atoms with Crippen molar-refractivity contribution in [3.63, 3.8) is 0 Å². The van der Waals surface area contributed by atoms with Gasteiger partial charge in [-0.3, -0.25) is 9.89 Å². The summed E-state index contributed by atoms with van der Waals surface area (Å²) in [7, 11) is 0. The number of carbonyl (C=O) groups is 1. The largest absolute Gasteiger partial charge is 0.309 e. The van der Waals surface area contributed by atoms with E-state index in [2.05, 4.69) is 15.5 Å². The molecule has 0 saturated carbocycles. The van der Waals surface area contributed by atoms with Crippen molar-refractivity contribution in [3.05, 3.63) is 83.9 Å². The Bertz CT molecular complexity index is 1140. The third-order valence-electron chi connectivity index (χ3n) is 4.54. The number of hydrogen-bond acceptors (Lipinski definition) is 2. The molecule has 140 valence electrons. The second-order valence-corrected chi connectivity index (χ2v) is 6.49. The van der Waals surface area contributed by atoms with Gasteiger partial charge < -0.3 is 5.32 Å². The number of nitrogens with zero attached hydrogens (tertiary/aromatic N) is 1. The summed E-state index contributed by atoms with van der Waals surface area (Å²) in [4.78, 5) is 12.2. The maximum absolute atomic E-state index is 14.0. The number of carbonyl (C=O) groups excluding carboxylic acids is 1. The highest BCUT2D eigenvalue weighted by atomic mass is 19.1. The van der Waals surface area contributed by atoms with Crippen LogP contribution >= 0.6 is 0 Å². The lowest BCUT2D eigenvalue weighted by atomic mass is 10.0. The molecule has 0 radical (unpaired) electrons. The number of fused-ring (bicyclic) bond motifs is 1. The average molecular weight is 377 g/mol. The minimum Gasteiger partial charge on any atom is -0.309 e. The van der Waals surface area contributed by atoms with E-state index in [9.17, 15) is 13.6 Å². The molecule has 0 spiro atoms. The van der Waals surface area contributed by atoms with Crippen LogP contribution in [-0.4, -0.2) is 16.1 Å². The summed E-state index contributed by atoms with van der Waals surface area (Å²) in [6.45, 7) is 0. The van der Waals surface area contributed by atoms with E-state index in [0.29, 0.717) is 35.1 Å². The summed E-state index contributed by atoms with van der Waals surface area (Å²) >= 11 is 0. The number of nitrogens with one attached hydrogen (secondary N) is 2. The second kappa shape index (κ2) is 7.60. The van der Waals surface area contributed by atoms with Crippen LogP contribution in [0.3, 0.4) is 0 Å². The Morgan fingerprint density at radius 2 is 1.82 bits per heavy atom. The fraction of sp³-hybridized carbons (Fsp3) is 0.0909. The van der Waals surface area contributed by atoms with Gasteiger partial charge in [0.05, 0.1) is 5.52 Å². The van der Waals surface area contributed by atoms with Crippen LogP contribution in [0, 0.1) is 11.6 Å². The summed E-state index contributed by atoms with van der Waals surface area (Å²) in [5.41, 5.74) is 2.41. The molecule has 0 unspecified atom stereocenters. The van der Waals surface area contributed by atoms with Crippen LogP contribution in [0.15, 0.2) is 66.7 Å². The van der Waals surface area contributed by atoms with Crippen molar-refractivity contribution in [3.8, 4) is 11.1 Å². The predicted octanol–water partition coefficient (Wildman–Crippen LogP) is 5.08. The smallest absolute Gasteiger partial charge is 0.225 e. The van der Waals surface area contributed by atoms with Crippen molar-refractivity contribution in [1.29, 1.82) is 0 Å². The number of aromatic amines is 1. The van der Waals surface area contributed by atoms with Crippen molar-refractivity contribution >= 4 is 22.6 Å². The first-order valence-corrected chi connectivity index (χ1v) is 8.87. The Balaban J connectivity index is 1.51. The van der Waals surface area contributed by atoms with Gasteiger partial charge in [-0.05, 0) is 47.9 Å². The maximum Gasteiger partial charge on any atom is 0.225 e. The van der Waals surface area contributed by atoms with E-state index in [4.69, 9.17) is 0 Å². The number of anilines is 1. The van der Waals surface area contributed by atoms with E-state index >= 15 is 0 Å². The minimum atomic E-state index is -0.507. The van der Waals surface area contributed by atoms with E-state index in [1.165, 1.54) is 0 Å². The molecule has 0 bridgehead atoms. The zero-order chi connectivity index (χ0) is 19.5. The molecule has 0 fully saturated rings. The van der Waals surface area contributed by atoms with Crippen LogP contribution in [-0.2, 0) is 11.2 Å². The van der Waals surface area contributed by atoms with Crippen molar-refractivity contribution in [2.24, 2.45) is 0 Å². The number of aryl methyl sites for hydroxylation is 1. The van der Waals surface area contributed by atoms with Gasteiger partial charge >= 0.3 is 0 Å². The zero-order valence-electron chi connectivity index (χ0n) is 14.9. The predicted molar refractivity (Wildman–Crippen MR) is 105 cm³/mol. The Morgan fingerprint density at radius 1 is 1.00 bits per heavy atom. The number of benzene rings is 3. The molecule has 0 aliphatic carbocycles. The Kier molecular flexibility index (Phi) is 4.85. The van der Waals surface area contributed by atoms with Crippen molar-refractivity contribution in [2.75, 3.05) is 5.32 Å². The minimum absolute atomic E-state index is 0.141. The molecular formula is C22H17F2N3O. The van der Waals surface area contributed by atoms with Crippen LogP contribution in [0.5, 0.6) is 0 Å². The van der Waals surface area contributed by atoms with Gasteiger partial charge in [0.25, 0.3) is 0 Å². The molecule has 0 aliphatic rings. The maximum atomic E-state index is 14.0. The average Bonchev–Trinajstić information content (AvgIpc) is 3.11. The molecule has 0 aliphatic heterocycles. The van der Waals surface area contributed by atoms with Gasteiger partial charge in [0.2, 0.25) is 5.91 Å². The fourth-order valence-corrected chi connectivity index (χ4v) is 3.10. The molecule has 4 aromatic rings. The van der Waals surface area contributed by atoms with Gasteiger partial charge in [0.1, 0.15) is 11.6 Å². The van der Waals surface area contributed by atoms with Gasteiger partial charge in [-0.15, -0.1) is 0 Å². The molecule has 3 aromatic carbocycles. The number of aromatic nitrogens is 2. The molecule has 1 heterocycles. The number of rotatable bonds is 5. The van der Waals surface area contributed by atoms with E-state index in [1.54, 1.807) is 18.2 Å². The van der Waals surface area contributed by atoms with Crippen LogP contribution in [0.25, 0.3) is 22.0 Å². The molecule has 4 rings (SSSR count). The summed E-state index contributed by atoms with van der Waals surface area (Å²) in [6, 6.07) is 18.2. The van der Waals surface area contributed by atoms with Gasteiger partial charge in [-0.25, -0.2) is 8.78 Å². The van der Waals surface area contributed by atoms with Crippen LogP contribution < -0.4 is 5.32 Å². The van der Waals surface area contributed by atoms with Gasteiger partial charge in [0.15, 0.2) is 5.82 Å². The molecule has 1 amide bonds. The Morgan fingerprint density at radius 3 is 2.64 bits per heavy atom. The van der Waals surface area contributed by atoms with E-state index in [0.717, 1.165) is 23.8 Å². The number of H-pyrrole nitrogens is 1. The lowest BCUT2D eigenvalue weighted by Crippen LogP contribution is -2.12. The lowest BCUT2D eigenvalue weighted by Gasteiger charge is -2.05. The summed E-state index contributed by atoms with van der Waals surface area (Å²) in [5.74, 6) is -0.737. The highest BCUT2D eigenvalue weighted by Gasteiger charge is 2.12. The van der Waals surface area contributed by atoms with Crippen LogP contribution in [0.2, 0.25) is 0 Å². The third-order valence-corrected chi connectivity index (χ3v) is 4.54. The molecule has 0 saturated heterocycles. The topological polar surface area (TPSA) is 57.8 Å². The summed E-state index contributed by atoms with van der Waals surface area (Å²) in [6.07, 6.45) is 0.975. The number of amides is 1. The van der Waals surface area contributed by atoms with E-state index in [-0.39, 0.29) is 11.5 Å². The van der Waals surface area contributed by atoms with E-state index < -0.39 is 11.6 Å². The molecule has 0 atom stereocenters. The Hall–Kier alpha value is -3.54. The molecule has 1 aromatic heterocycles.